The van der Waals surface area contributed by atoms with E-state index in [9.17, 15) is 0 Å². The Labute approximate surface area is 105 Å². The largest absolute Gasteiger partial charge is 0.399 e. The minimum atomic E-state index is 0.193. The molecule has 2 nitrogen and oxygen atoms in total. The normalized spacial score (nSPS) is 17.2. The molecule has 2 heteroatoms. The lowest BCUT2D eigenvalue weighted by Crippen LogP contribution is -2.43. The average Bonchev–Trinajstić information content (AvgIpc) is 2.14. The van der Waals surface area contributed by atoms with Gasteiger partial charge in [0.1, 0.15) is 0 Å². The number of benzene rings is 1. The van der Waals surface area contributed by atoms with Gasteiger partial charge < -0.3 is 10.6 Å². The molecule has 0 spiro atoms. The van der Waals surface area contributed by atoms with Crippen LogP contribution in [0.4, 0.5) is 5.69 Å². The molecule has 1 aromatic rings. The van der Waals surface area contributed by atoms with Gasteiger partial charge in [0.2, 0.25) is 0 Å². The Morgan fingerprint density at radius 2 is 1.82 bits per heavy atom. The zero-order valence-corrected chi connectivity index (χ0v) is 11.2. The van der Waals surface area contributed by atoms with Crippen molar-refractivity contribution in [3.05, 3.63) is 29.8 Å². The number of hydrogen-bond donors (Lipinski definition) is 1. The molecule has 0 heterocycles. The molecule has 94 valence electrons. The predicted octanol–water partition coefficient (Wildman–Crippen LogP) is 3.03. The van der Waals surface area contributed by atoms with Gasteiger partial charge in [0.05, 0.1) is 0 Å². The first-order chi connectivity index (χ1) is 7.99. The van der Waals surface area contributed by atoms with E-state index in [0.29, 0.717) is 0 Å². The smallest absolute Gasteiger partial charge is 0.0314 e. The van der Waals surface area contributed by atoms with Crippen molar-refractivity contribution in [3.8, 4) is 0 Å². The summed E-state index contributed by atoms with van der Waals surface area (Å²) in [4.78, 5) is 2.51. The van der Waals surface area contributed by atoms with Crippen LogP contribution in [0, 0.1) is 0 Å². The monoisotopic (exact) mass is 232 g/mol. The summed E-state index contributed by atoms with van der Waals surface area (Å²) in [5.41, 5.74) is 8.15. The second kappa shape index (κ2) is 4.69. The quantitative estimate of drug-likeness (QED) is 0.809. The van der Waals surface area contributed by atoms with Crippen LogP contribution in [0.5, 0.6) is 0 Å². The number of nitrogen functional groups attached to an aromatic ring is 1. The van der Waals surface area contributed by atoms with Gasteiger partial charge in [0, 0.05) is 23.7 Å². The van der Waals surface area contributed by atoms with E-state index >= 15 is 0 Å². The molecule has 1 fully saturated rings. The van der Waals surface area contributed by atoms with Crippen LogP contribution < -0.4 is 5.73 Å². The Hall–Kier alpha value is -1.02. The van der Waals surface area contributed by atoms with Gasteiger partial charge in [-0.3, -0.25) is 0 Å². The van der Waals surface area contributed by atoms with Crippen LogP contribution in [-0.2, 0) is 5.41 Å². The fourth-order valence-corrected chi connectivity index (χ4v) is 2.61. The standard InChI is InChI=1S/C15H24N2/c1-15(2,11-17(3)14-5-4-6-14)12-7-9-13(16)10-8-12/h7-10,14H,4-6,11,16H2,1-3H3. The van der Waals surface area contributed by atoms with Crippen molar-refractivity contribution in [2.45, 2.75) is 44.6 Å². The van der Waals surface area contributed by atoms with Crippen molar-refractivity contribution in [3.63, 3.8) is 0 Å². The van der Waals surface area contributed by atoms with Crippen molar-refractivity contribution >= 4 is 5.69 Å². The Morgan fingerprint density at radius 1 is 1.24 bits per heavy atom. The van der Waals surface area contributed by atoms with Gasteiger partial charge in [-0.05, 0) is 37.6 Å². The fraction of sp³-hybridized carbons (Fsp3) is 0.600. The fourth-order valence-electron chi connectivity index (χ4n) is 2.61. The summed E-state index contributed by atoms with van der Waals surface area (Å²) in [7, 11) is 2.25. The number of rotatable bonds is 4. The van der Waals surface area contributed by atoms with Gasteiger partial charge in [-0.2, -0.15) is 0 Å². The van der Waals surface area contributed by atoms with Gasteiger partial charge in [0.15, 0.2) is 0 Å². The van der Waals surface area contributed by atoms with E-state index in [2.05, 4.69) is 37.9 Å². The summed E-state index contributed by atoms with van der Waals surface area (Å²) in [5.74, 6) is 0. The molecule has 0 aromatic heterocycles. The van der Waals surface area contributed by atoms with Crippen LogP contribution in [0.1, 0.15) is 38.7 Å². The van der Waals surface area contributed by atoms with Crippen molar-refractivity contribution in [1.82, 2.24) is 4.90 Å². The maximum Gasteiger partial charge on any atom is 0.0314 e. The van der Waals surface area contributed by atoms with Crippen molar-refractivity contribution < 1.29 is 0 Å². The third-order valence-electron chi connectivity index (χ3n) is 4.03. The number of anilines is 1. The molecule has 0 aliphatic heterocycles. The van der Waals surface area contributed by atoms with E-state index in [0.717, 1.165) is 18.3 Å². The lowest BCUT2D eigenvalue weighted by atomic mass is 9.82. The van der Waals surface area contributed by atoms with Crippen LogP contribution in [0.2, 0.25) is 0 Å². The zero-order valence-electron chi connectivity index (χ0n) is 11.2. The molecule has 0 unspecified atom stereocenters. The van der Waals surface area contributed by atoms with E-state index in [1.165, 1.54) is 24.8 Å². The second-order valence-electron chi connectivity index (χ2n) is 6.01. The molecular formula is C15H24N2. The Kier molecular flexibility index (Phi) is 3.43. The van der Waals surface area contributed by atoms with Crippen LogP contribution in [0.25, 0.3) is 0 Å². The van der Waals surface area contributed by atoms with E-state index in [4.69, 9.17) is 5.73 Å². The van der Waals surface area contributed by atoms with E-state index in [-0.39, 0.29) is 5.41 Å². The minimum absolute atomic E-state index is 0.193. The Balaban J connectivity index is 2.04. The Morgan fingerprint density at radius 3 is 2.29 bits per heavy atom. The molecule has 0 saturated heterocycles. The molecule has 17 heavy (non-hydrogen) atoms. The van der Waals surface area contributed by atoms with Crippen LogP contribution in [-0.4, -0.2) is 24.5 Å². The van der Waals surface area contributed by atoms with Crippen molar-refractivity contribution in [2.75, 3.05) is 19.3 Å². The first-order valence-corrected chi connectivity index (χ1v) is 6.55. The van der Waals surface area contributed by atoms with Gasteiger partial charge in [-0.15, -0.1) is 0 Å². The van der Waals surface area contributed by atoms with Crippen LogP contribution in [0.3, 0.4) is 0 Å². The molecular weight excluding hydrogens is 208 g/mol. The maximum atomic E-state index is 5.74. The van der Waals surface area contributed by atoms with E-state index < -0.39 is 0 Å². The zero-order chi connectivity index (χ0) is 12.5. The number of nitrogens with zero attached hydrogens (tertiary/aromatic N) is 1. The summed E-state index contributed by atoms with van der Waals surface area (Å²) in [5, 5.41) is 0. The summed E-state index contributed by atoms with van der Waals surface area (Å²) in [6, 6.07) is 9.12. The highest BCUT2D eigenvalue weighted by Gasteiger charge is 2.28. The molecule has 0 radical (unpaired) electrons. The van der Waals surface area contributed by atoms with E-state index in [1.54, 1.807) is 0 Å². The summed E-state index contributed by atoms with van der Waals surface area (Å²) in [6.07, 6.45) is 4.14. The maximum absolute atomic E-state index is 5.74. The third kappa shape index (κ3) is 2.81. The highest BCUT2D eigenvalue weighted by Crippen LogP contribution is 2.29. The van der Waals surface area contributed by atoms with Crippen molar-refractivity contribution in [2.24, 2.45) is 0 Å². The van der Waals surface area contributed by atoms with Gasteiger partial charge in [-0.1, -0.05) is 32.4 Å². The molecule has 1 aliphatic rings. The second-order valence-corrected chi connectivity index (χ2v) is 6.01. The van der Waals surface area contributed by atoms with Crippen LogP contribution >= 0.6 is 0 Å². The SMILES string of the molecule is CN(CC(C)(C)c1ccc(N)cc1)C1CCC1. The molecule has 2 rings (SSSR count). The molecule has 1 aromatic carbocycles. The third-order valence-corrected chi connectivity index (χ3v) is 4.03. The molecule has 1 saturated carbocycles. The molecule has 1 aliphatic carbocycles. The number of hydrogen-bond acceptors (Lipinski definition) is 2. The molecule has 2 N–H and O–H groups in total. The van der Waals surface area contributed by atoms with Gasteiger partial charge in [0.25, 0.3) is 0 Å². The molecule has 0 amide bonds. The predicted molar refractivity (Wildman–Crippen MR) is 74.1 cm³/mol. The highest BCUT2D eigenvalue weighted by atomic mass is 15.1. The first-order valence-electron chi connectivity index (χ1n) is 6.55. The lowest BCUT2D eigenvalue weighted by molar-refractivity contribution is 0.134. The molecule has 0 atom stereocenters. The number of nitrogens with two attached hydrogens (primary N) is 1. The number of likely N-dealkylation sites (N-methyl/N-ethyl adjacent to an activating group) is 1. The first kappa shape index (κ1) is 12.4. The van der Waals surface area contributed by atoms with Gasteiger partial charge in [-0.25, -0.2) is 0 Å². The topological polar surface area (TPSA) is 29.3 Å². The highest BCUT2D eigenvalue weighted by molar-refractivity contribution is 5.41. The lowest BCUT2D eigenvalue weighted by Gasteiger charge is -2.39. The summed E-state index contributed by atoms with van der Waals surface area (Å²) < 4.78 is 0. The summed E-state index contributed by atoms with van der Waals surface area (Å²) in [6.45, 7) is 5.74. The van der Waals surface area contributed by atoms with Crippen LogP contribution in [0.15, 0.2) is 24.3 Å². The van der Waals surface area contributed by atoms with Gasteiger partial charge >= 0.3 is 0 Å². The van der Waals surface area contributed by atoms with Crippen molar-refractivity contribution in [1.29, 1.82) is 0 Å². The average molecular weight is 232 g/mol. The Bertz CT molecular complexity index is 363. The minimum Gasteiger partial charge on any atom is -0.399 e. The van der Waals surface area contributed by atoms with E-state index in [1.807, 2.05) is 12.1 Å². The molecule has 0 bridgehead atoms. The summed E-state index contributed by atoms with van der Waals surface area (Å²) >= 11 is 0.